The van der Waals surface area contributed by atoms with Crippen molar-refractivity contribution in [3.63, 3.8) is 0 Å². The highest BCUT2D eigenvalue weighted by molar-refractivity contribution is 7.89. The predicted molar refractivity (Wildman–Crippen MR) is 78.3 cm³/mol. The molecule has 21 heavy (non-hydrogen) atoms. The Morgan fingerprint density at radius 3 is 2.57 bits per heavy atom. The molecule has 0 unspecified atom stereocenters. The first-order chi connectivity index (χ1) is 9.86. The molecule has 0 radical (unpaired) electrons. The summed E-state index contributed by atoms with van der Waals surface area (Å²) >= 11 is 0. The van der Waals surface area contributed by atoms with E-state index in [-0.39, 0.29) is 25.4 Å². The van der Waals surface area contributed by atoms with E-state index in [2.05, 4.69) is 0 Å². The lowest BCUT2D eigenvalue weighted by atomic mass is 10.3. The van der Waals surface area contributed by atoms with Crippen molar-refractivity contribution in [2.24, 2.45) is 0 Å². The van der Waals surface area contributed by atoms with Gasteiger partial charge in [-0.15, -0.1) is 0 Å². The first kappa shape index (κ1) is 17.3. The van der Waals surface area contributed by atoms with Crippen LogP contribution in [0.2, 0.25) is 0 Å². The van der Waals surface area contributed by atoms with Crippen LogP contribution in [0, 0.1) is 10.1 Å². The minimum atomic E-state index is -4.08. The number of nitrogens with zero attached hydrogens (tertiary/aromatic N) is 2. The highest BCUT2D eigenvalue weighted by Crippen LogP contribution is 2.31. The van der Waals surface area contributed by atoms with Crippen molar-refractivity contribution in [3.8, 4) is 0 Å². The minimum Gasteiger partial charge on any atom is -0.395 e. The molecule has 8 nitrogen and oxygen atoms in total. The van der Waals surface area contributed by atoms with E-state index in [1.807, 2.05) is 6.92 Å². The fourth-order valence-corrected chi connectivity index (χ4v) is 3.54. The molecule has 0 heterocycles. The van der Waals surface area contributed by atoms with Crippen LogP contribution in [0.25, 0.3) is 0 Å². The number of para-hydroxylation sites is 1. The van der Waals surface area contributed by atoms with Crippen LogP contribution in [0.15, 0.2) is 23.1 Å². The van der Waals surface area contributed by atoms with Crippen LogP contribution in [0.3, 0.4) is 0 Å². The molecule has 0 saturated heterocycles. The number of nitrogens with two attached hydrogens (primary N) is 1. The van der Waals surface area contributed by atoms with Gasteiger partial charge in [0.1, 0.15) is 5.69 Å². The fourth-order valence-electron chi connectivity index (χ4n) is 1.88. The van der Waals surface area contributed by atoms with Crippen molar-refractivity contribution in [1.82, 2.24) is 4.31 Å². The van der Waals surface area contributed by atoms with Gasteiger partial charge in [-0.2, -0.15) is 4.31 Å². The Balaban J connectivity index is 3.34. The lowest BCUT2D eigenvalue weighted by Crippen LogP contribution is -2.34. The monoisotopic (exact) mass is 317 g/mol. The van der Waals surface area contributed by atoms with E-state index >= 15 is 0 Å². The van der Waals surface area contributed by atoms with Crippen LogP contribution < -0.4 is 5.73 Å². The molecule has 1 rings (SSSR count). The van der Waals surface area contributed by atoms with Crippen molar-refractivity contribution in [1.29, 1.82) is 0 Å². The van der Waals surface area contributed by atoms with Gasteiger partial charge in [0.15, 0.2) is 4.90 Å². The first-order valence-corrected chi connectivity index (χ1v) is 7.94. The number of sulfonamides is 1. The number of nitro benzene ring substituents is 1. The van der Waals surface area contributed by atoms with Crippen molar-refractivity contribution in [2.45, 2.75) is 24.7 Å². The highest BCUT2D eigenvalue weighted by Gasteiger charge is 2.32. The van der Waals surface area contributed by atoms with Gasteiger partial charge in [0.2, 0.25) is 10.0 Å². The average Bonchev–Trinajstić information content (AvgIpc) is 2.42. The standard InChI is InChI=1S/C12H19N3O5S/c1-2-3-7-14(8-9-16)21(19,20)11-6-4-5-10(13)12(11)15(17)18/h4-6,16H,2-3,7-9,13H2,1H3. The summed E-state index contributed by atoms with van der Waals surface area (Å²) < 4.78 is 26.2. The summed E-state index contributed by atoms with van der Waals surface area (Å²) in [5.41, 5.74) is 4.68. The van der Waals surface area contributed by atoms with E-state index in [1.165, 1.54) is 12.1 Å². The number of nitrogen functional groups attached to an aromatic ring is 1. The molecule has 1 aromatic rings. The molecule has 0 aliphatic rings. The Hall–Kier alpha value is -1.71. The largest absolute Gasteiger partial charge is 0.395 e. The van der Waals surface area contributed by atoms with Crippen molar-refractivity contribution in [3.05, 3.63) is 28.3 Å². The number of rotatable bonds is 8. The predicted octanol–water partition coefficient (Wildman–Crippen LogP) is 0.960. The quantitative estimate of drug-likeness (QED) is 0.417. The van der Waals surface area contributed by atoms with Crippen LogP contribution in [0.4, 0.5) is 11.4 Å². The smallest absolute Gasteiger partial charge is 0.312 e. The summed E-state index contributed by atoms with van der Waals surface area (Å²) in [5, 5.41) is 20.1. The molecule has 0 bridgehead atoms. The Labute approximate surface area is 123 Å². The molecule has 9 heteroatoms. The highest BCUT2D eigenvalue weighted by atomic mass is 32.2. The molecule has 0 aliphatic carbocycles. The average molecular weight is 317 g/mol. The number of aliphatic hydroxyl groups excluding tert-OH is 1. The maximum Gasteiger partial charge on any atom is 0.312 e. The molecule has 0 amide bonds. The normalized spacial score (nSPS) is 11.8. The number of benzene rings is 1. The van der Waals surface area contributed by atoms with Crippen LogP contribution in [-0.4, -0.2) is 42.4 Å². The topological polar surface area (TPSA) is 127 Å². The third-order valence-electron chi connectivity index (χ3n) is 2.94. The van der Waals surface area contributed by atoms with Crippen molar-refractivity contribution < 1.29 is 18.4 Å². The summed E-state index contributed by atoms with van der Waals surface area (Å²) in [7, 11) is -4.08. The van der Waals surface area contributed by atoms with E-state index in [0.717, 1.165) is 16.8 Å². The van der Waals surface area contributed by atoms with Gasteiger partial charge >= 0.3 is 5.69 Å². The Morgan fingerprint density at radius 1 is 1.38 bits per heavy atom. The molecule has 0 saturated carbocycles. The van der Waals surface area contributed by atoms with E-state index in [9.17, 15) is 18.5 Å². The second-order valence-corrected chi connectivity index (χ2v) is 6.34. The number of hydrogen-bond acceptors (Lipinski definition) is 6. The van der Waals surface area contributed by atoms with Gasteiger partial charge in [0, 0.05) is 13.1 Å². The molecule has 0 atom stereocenters. The summed E-state index contributed by atoms with van der Waals surface area (Å²) in [6.07, 6.45) is 1.35. The molecule has 118 valence electrons. The van der Waals surface area contributed by atoms with E-state index < -0.39 is 25.5 Å². The van der Waals surface area contributed by atoms with Gasteiger partial charge in [0.25, 0.3) is 0 Å². The lowest BCUT2D eigenvalue weighted by molar-refractivity contribution is -0.386. The zero-order valence-corrected chi connectivity index (χ0v) is 12.5. The van der Waals surface area contributed by atoms with E-state index in [4.69, 9.17) is 10.8 Å². The number of nitro groups is 1. The van der Waals surface area contributed by atoms with Gasteiger partial charge in [-0.25, -0.2) is 8.42 Å². The van der Waals surface area contributed by atoms with Gasteiger partial charge in [-0.05, 0) is 18.6 Å². The van der Waals surface area contributed by atoms with Crippen LogP contribution in [0.5, 0.6) is 0 Å². The van der Waals surface area contributed by atoms with Crippen LogP contribution in [-0.2, 0) is 10.0 Å². The summed E-state index contributed by atoms with van der Waals surface area (Å²) in [6.45, 7) is 1.60. The second kappa shape index (κ2) is 7.34. The SMILES string of the molecule is CCCCN(CCO)S(=O)(=O)c1cccc(N)c1[N+](=O)[O-]. The maximum absolute atomic E-state index is 12.6. The van der Waals surface area contributed by atoms with E-state index in [1.54, 1.807) is 0 Å². The lowest BCUT2D eigenvalue weighted by Gasteiger charge is -2.21. The Morgan fingerprint density at radius 2 is 2.05 bits per heavy atom. The number of hydrogen-bond donors (Lipinski definition) is 2. The summed E-state index contributed by atoms with van der Waals surface area (Å²) in [5.74, 6) is 0. The number of unbranched alkanes of at least 4 members (excludes halogenated alkanes) is 1. The zero-order valence-electron chi connectivity index (χ0n) is 11.7. The van der Waals surface area contributed by atoms with Crippen molar-refractivity contribution in [2.75, 3.05) is 25.4 Å². The van der Waals surface area contributed by atoms with Crippen molar-refractivity contribution >= 4 is 21.4 Å². The first-order valence-electron chi connectivity index (χ1n) is 6.50. The molecular weight excluding hydrogens is 298 g/mol. The number of anilines is 1. The fraction of sp³-hybridized carbons (Fsp3) is 0.500. The van der Waals surface area contributed by atoms with Gasteiger partial charge < -0.3 is 10.8 Å². The molecule has 0 aliphatic heterocycles. The molecule has 0 aromatic heterocycles. The van der Waals surface area contributed by atoms with Crippen LogP contribution >= 0.6 is 0 Å². The van der Waals surface area contributed by atoms with Gasteiger partial charge in [0.05, 0.1) is 11.5 Å². The number of aliphatic hydroxyl groups is 1. The van der Waals surface area contributed by atoms with Gasteiger partial charge in [-0.1, -0.05) is 19.4 Å². The van der Waals surface area contributed by atoms with Crippen LogP contribution in [0.1, 0.15) is 19.8 Å². The van der Waals surface area contributed by atoms with Gasteiger partial charge in [-0.3, -0.25) is 10.1 Å². The Bertz CT molecular complexity index is 603. The summed E-state index contributed by atoms with van der Waals surface area (Å²) in [4.78, 5) is 9.82. The molecule has 0 fully saturated rings. The zero-order chi connectivity index (χ0) is 16.0. The molecular formula is C12H19N3O5S. The second-order valence-electron chi connectivity index (χ2n) is 4.43. The third kappa shape index (κ3) is 3.90. The third-order valence-corrected chi connectivity index (χ3v) is 4.87. The summed E-state index contributed by atoms with van der Waals surface area (Å²) in [6, 6.07) is 3.78. The van der Waals surface area contributed by atoms with E-state index in [0.29, 0.717) is 6.42 Å². The Kier molecular flexibility index (Phi) is 6.06. The maximum atomic E-state index is 12.6. The molecule has 0 spiro atoms. The molecule has 3 N–H and O–H groups in total. The molecule has 1 aromatic carbocycles. The minimum absolute atomic E-state index is 0.117.